The molecule has 2 rings (SSSR count). The van der Waals surface area contributed by atoms with E-state index in [0.29, 0.717) is 12.3 Å². The second kappa shape index (κ2) is 8.53. The van der Waals surface area contributed by atoms with Gasteiger partial charge in [-0.3, -0.25) is 15.5 Å². The number of hydrogen-bond donors (Lipinski definition) is 1. The number of anilines is 1. The summed E-state index contributed by atoms with van der Waals surface area (Å²) in [5, 5.41) is 14.7. The van der Waals surface area contributed by atoms with Crippen molar-refractivity contribution >= 4 is 17.6 Å². The number of non-ortho nitro benzene ring substituents is 1. The summed E-state index contributed by atoms with van der Waals surface area (Å²) in [7, 11) is 0. The van der Waals surface area contributed by atoms with Gasteiger partial charge in [-0.2, -0.15) is 5.10 Å². The molecule has 0 radical (unpaired) electrons. The molecular formula is C17H19N3O3. The highest BCUT2D eigenvalue weighted by molar-refractivity contribution is 5.84. The molecule has 6 heteroatoms. The third-order valence-electron chi connectivity index (χ3n) is 3.15. The molecule has 0 aliphatic rings. The highest BCUT2D eigenvalue weighted by Crippen LogP contribution is 2.17. The second-order valence-electron chi connectivity index (χ2n) is 4.91. The summed E-state index contributed by atoms with van der Waals surface area (Å²) in [5.74, 6) is 0.787. The van der Waals surface area contributed by atoms with Crippen molar-refractivity contribution in [2.75, 3.05) is 12.0 Å². The van der Waals surface area contributed by atoms with Crippen molar-refractivity contribution in [2.24, 2.45) is 5.10 Å². The molecule has 0 saturated heterocycles. The highest BCUT2D eigenvalue weighted by Gasteiger charge is 2.03. The lowest BCUT2D eigenvalue weighted by Crippen LogP contribution is -2.00. The van der Waals surface area contributed by atoms with Crippen molar-refractivity contribution < 1.29 is 9.66 Å². The third-order valence-corrected chi connectivity index (χ3v) is 3.15. The van der Waals surface area contributed by atoms with Gasteiger partial charge in [0.1, 0.15) is 5.75 Å². The van der Waals surface area contributed by atoms with E-state index in [9.17, 15) is 10.1 Å². The lowest BCUT2D eigenvalue weighted by atomic mass is 10.2. The first kappa shape index (κ1) is 16.5. The van der Waals surface area contributed by atoms with Crippen LogP contribution in [0.2, 0.25) is 0 Å². The quantitative estimate of drug-likeness (QED) is 0.342. The fourth-order valence-electron chi connectivity index (χ4n) is 1.88. The lowest BCUT2D eigenvalue weighted by Gasteiger charge is -2.08. The Hall–Kier alpha value is -2.89. The Kier molecular flexibility index (Phi) is 6.11. The van der Waals surface area contributed by atoms with Crippen LogP contribution in [0.5, 0.6) is 5.75 Å². The van der Waals surface area contributed by atoms with Gasteiger partial charge < -0.3 is 4.74 Å². The number of rotatable bonds is 8. The molecule has 0 spiro atoms. The van der Waals surface area contributed by atoms with Crippen LogP contribution < -0.4 is 10.2 Å². The maximum Gasteiger partial charge on any atom is 0.269 e. The van der Waals surface area contributed by atoms with Gasteiger partial charge in [0.2, 0.25) is 0 Å². The SMILES string of the molecule is CCCCOc1ccccc1C=NNc1ccc([N+](=O)[O-])cc1. The molecule has 23 heavy (non-hydrogen) atoms. The third kappa shape index (κ3) is 5.10. The van der Waals surface area contributed by atoms with E-state index < -0.39 is 4.92 Å². The summed E-state index contributed by atoms with van der Waals surface area (Å²) in [6, 6.07) is 13.7. The Morgan fingerprint density at radius 1 is 1.22 bits per heavy atom. The summed E-state index contributed by atoms with van der Waals surface area (Å²) in [6.07, 6.45) is 3.76. The van der Waals surface area contributed by atoms with Crippen LogP contribution in [0, 0.1) is 10.1 Å². The predicted molar refractivity (Wildman–Crippen MR) is 91.2 cm³/mol. The number of hydrazone groups is 1. The van der Waals surface area contributed by atoms with Crippen molar-refractivity contribution in [1.82, 2.24) is 0 Å². The van der Waals surface area contributed by atoms with E-state index in [0.717, 1.165) is 24.2 Å². The van der Waals surface area contributed by atoms with Gasteiger partial charge in [0.15, 0.2) is 0 Å². The number of nitro benzene ring substituents is 1. The normalized spacial score (nSPS) is 10.7. The van der Waals surface area contributed by atoms with E-state index in [2.05, 4.69) is 17.5 Å². The maximum absolute atomic E-state index is 10.6. The van der Waals surface area contributed by atoms with Crippen molar-refractivity contribution in [1.29, 1.82) is 0 Å². The van der Waals surface area contributed by atoms with Crippen LogP contribution in [0.15, 0.2) is 53.6 Å². The van der Waals surface area contributed by atoms with Crippen LogP contribution >= 0.6 is 0 Å². The Morgan fingerprint density at radius 2 is 1.96 bits per heavy atom. The zero-order valence-corrected chi connectivity index (χ0v) is 12.9. The smallest absolute Gasteiger partial charge is 0.269 e. The molecule has 0 amide bonds. The van der Waals surface area contributed by atoms with Gasteiger partial charge in [-0.1, -0.05) is 25.5 Å². The predicted octanol–water partition coefficient (Wildman–Crippen LogP) is 4.22. The minimum Gasteiger partial charge on any atom is -0.493 e. The van der Waals surface area contributed by atoms with Crippen LogP contribution in [0.4, 0.5) is 11.4 Å². The van der Waals surface area contributed by atoms with Gasteiger partial charge in [-0.25, -0.2) is 0 Å². The zero-order valence-electron chi connectivity index (χ0n) is 12.9. The van der Waals surface area contributed by atoms with Crippen LogP contribution in [0.3, 0.4) is 0 Å². The van der Waals surface area contributed by atoms with Gasteiger partial charge in [0.05, 0.1) is 23.4 Å². The number of ether oxygens (including phenoxy) is 1. The molecule has 2 aromatic rings. The molecule has 0 fully saturated rings. The minimum absolute atomic E-state index is 0.0502. The Bertz CT molecular complexity index is 669. The number of benzene rings is 2. The molecule has 1 N–H and O–H groups in total. The Labute approximate surface area is 134 Å². The average molecular weight is 313 g/mol. The van der Waals surface area contributed by atoms with Crippen molar-refractivity contribution in [2.45, 2.75) is 19.8 Å². The number of nitro groups is 1. The number of nitrogens with one attached hydrogen (secondary N) is 1. The molecule has 0 aliphatic carbocycles. The molecule has 0 unspecified atom stereocenters. The fourth-order valence-corrected chi connectivity index (χ4v) is 1.88. The molecule has 0 atom stereocenters. The van der Waals surface area contributed by atoms with E-state index in [1.165, 1.54) is 12.1 Å². The summed E-state index contributed by atoms with van der Waals surface area (Å²) in [6.45, 7) is 2.79. The minimum atomic E-state index is -0.434. The van der Waals surface area contributed by atoms with Crippen LogP contribution in [0.25, 0.3) is 0 Å². The second-order valence-corrected chi connectivity index (χ2v) is 4.91. The number of hydrogen-bond acceptors (Lipinski definition) is 5. The molecule has 0 aromatic heterocycles. The molecule has 6 nitrogen and oxygen atoms in total. The van der Waals surface area contributed by atoms with Crippen LogP contribution in [-0.4, -0.2) is 17.7 Å². The molecule has 0 heterocycles. The first-order chi connectivity index (χ1) is 11.2. The van der Waals surface area contributed by atoms with Gasteiger partial charge in [-0.15, -0.1) is 0 Å². The maximum atomic E-state index is 10.6. The van der Waals surface area contributed by atoms with E-state index in [1.54, 1.807) is 18.3 Å². The number of unbranched alkanes of at least 4 members (excludes halogenated alkanes) is 1. The summed E-state index contributed by atoms with van der Waals surface area (Å²) in [4.78, 5) is 10.2. The van der Waals surface area contributed by atoms with Crippen molar-refractivity contribution in [3.8, 4) is 5.75 Å². The van der Waals surface area contributed by atoms with E-state index in [4.69, 9.17) is 4.74 Å². The summed E-state index contributed by atoms with van der Waals surface area (Å²) in [5.41, 5.74) is 4.45. The molecule has 120 valence electrons. The molecule has 0 aliphatic heterocycles. The van der Waals surface area contributed by atoms with Crippen LogP contribution in [0.1, 0.15) is 25.3 Å². The summed E-state index contributed by atoms with van der Waals surface area (Å²) >= 11 is 0. The van der Waals surface area contributed by atoms with Gasteiger partial charge in [0, 0.05) is 17.7 Å². The van der Waals surface area contributed by atoms with Crippen molar-refractivity contribution in [3.63, 3.8) is 0 Å². The monoisotopic (exact) mass is 313 g/mol. The van der Waals surface area contributed by atoms with Gasteiger partial charge >= 0.3 is 0 Å². The standard InChI is InChI=1S/C17H19N3O3/c1-2-3-12-23-17-7-5-4-6-14(17)13-18-19-15-8-10-16(11-9-15)20(21)22/h4-11,13,19H,2-3,12H2,1H3. The molecule has 0 bridgehead atoms. The van der Waals surface area contributed by atoms with Gasteiger partial charge in [-0.05, 0) is 30.7 Å². The lowest BCUT2D eigenvalue weighted by molar-refractivity contribution is -0.384. The topological polar surface area (TPSA) is 76.8 Å². The average Bonchev–Trinajstić information content (AvgIpc) is 2.57. The zero-order chi connectivity index (χ0) is 16.5. The van der Waals surface area contributed by atoms with Crippen molar-refractivity contribution in [3.05, 3.63) is 64.2 Å². The Balaban J connectivity index is 1.98. The Morgan fingerprint density at radius 3 is 2.65 bits per heavy atom. The summed E-state index contributed by atoms with van der Waals surface area (Å²) < 4.78 is 5.73. The molecular weight excluding hydrogens is 294 g/mol. The number of nitrogens with zero attached hydrogens (tertiary/aromatic N) is 2. The largest absolute Gasteiger partial charge is 0.493 e. The molecule has 0 saturated carbocycles. The van der Waals surface area contributed by atoms with Crippen LogP contribution in [-0.2, 0) is 0 Å². The fraction of sp³-hybridized carbons (Fsp3) is 0.235. The first-order valence-corrected chi connectivity index (χ1v) is 7.46. The van der Waals surface area contributed by atoms with E-state index in [1.807, 2.05) is 24.3 Å². The van der Waals surface area contributed by atoms with E-state index >= 15 is 0 Å². The highest BCUT2D eigenvalue weighted by atomic mass is 16.6. The first-order valence-electron chi connectivity index (χ1n) is 7.46. The van der Waals surface area contributed by atoms with Gasteiger partial charge in [0.25, 0.3) is 5.69 Å². The van der Waals surface area contributed by atoms with E-state index in [-0.39, 0.29) is 5.69 Å². The molecule has 2 aromatic carbocycles. The number of para-hydroxylation sites is 1.